The third-order valence-electron chi connectivity index (χ3n) is 3.58. The van der Waals surface area contributed by atoms with Crippen LogP contribution in [0.3, 0.4) is 0 Å². The number of rotatable bonds is 4. The minimum absolute atomic E-state index is 0.145. The summed E-state index contributed by atoms with van der Waals surface area (Å²) in [5.74, 6) is 1.32. The third kappa shape index (κ3) is 4.13. The van der Waals surface area contributed by atoms with Gasteiger partial charge < -0.3 is 14.8 Å². The molecule has 0 spiro atoms. The zero-order chi connectivity index (χ0) is 16.1. The highest BCUT2D eigenvalue weighted by Gasteiger charge is 2.20. The maximum absolute atomic E-state index is 11.9. The van der Waals surface area contributed by atoms with Gasteiger partial charge in [-0.05, 0) is 30.7 Å². The molecule has 118 valence electrons. The summed E-state index contributed by atoms with van der Waals surface area (Å²) in [6.07, 6.45) is 3.14. The molecule has 2 aromatic carbocycles. The Bertz CT molecular complexity index is 707. The van der Waals surface area contributed by atoms with Gasteiger partial charge in [0, 0.05) is 6.08 Å². The van der Waals surface area contributed by atoms with Gasteiger partial charge in [-0.1, -0.05) is 42.0 Å². The van der Waals surface area contributed by atoms with Gasteiger partial charge in [0.2, 0.25) is 5.91 Å². The molecule has 0 aliphatic carbocycles. The quantitative estimate of drug-likeness (QED) is 0.883. The molecule has 0 aromatic heterocycles. The van der Waals surface area contributed by atoms with Crippen LogP contribution in [-0.2, 0) is 4.79 Å². The average molecular weight is 309 g/mol. The molecule has 1 aliphatic heterocycles. The van der Waals surface area contributed by atoms with E-state index in [1.54, 1.807) is 6.08 Å². The first kappa shape index (κ1) is 15.2. The molecule has 1 aliphatic rings. The van der Waals surface area contributed by atoms with Crippen LogP contribution in [0.25, 0.3) is 6.08 Å². The lowest BCUT2D eigenvalue weighted by molar-refractivity contribution is -0.116. The molecule has 1 atom stereocenters. The van der Waals surface area contributed by atoms with Crippen LogP contribution in [0.1, 0.15) is 11.1 Å². The first-order chi connectivity index (χ1) is 11.2. The Hall–Kier alpha value is -2.75. The third-order valence-corrected chi connectivity index (χ3v) is 3.58. The monoisotopic (exact) mass is 309 g/mol. The van der Waals surface area contributed by atoms with Crippen molar-refractivity contribution < 1.29 is 14.3 Å². The van der Waals surface area contributed by atoms with Crippen LogP contribution in [0.2, 0.25) is 0 Å². The lowest BCUT2D eigenvalue weighted by Gasteiger charge is -2.26. The van der Waals surface area contributed by atoms with E-state index in [4.69, 9.17) is 9.47 Å². The van der Waals surface area contributed by atoms with Crippen molar-refractivity contribution in [1.82, 2.24) is 5.32 Å². The Kier molecular flexibility index (Phi) is 4.62. The first-order valence-electron chi connectivity index (χ1n) is 7.62. The highest BCUT2D eigenvalue weighted by Crippen LogP contribution is 2.30. The first-order valence-corrected chi connectivity index (χ1v) is 7.62. The normalized spacial score (nSPS) is 16.3. The van der Waals surface area contributed by atoms with Gasteiger partial charge in [-0.3, -0.25) is 4.79 Å². The molecule has 0 saturated heterocycles. The van der Waals surface area contributed by atoms with Gasteiger partial charge in [-0.25, -0.2) is 0 Å². The number of benzene rings is 2. The molecule has 1 unspecified atom stereocenters. The fourth-order valence-electron chi connectivity index (χ4n) is 2.29. The Morgan fingerprint density at radius 1 is 1.17 bits per heavy atom. The summed E-state index contributed by atoms with van der Waals surface area (Å²) in [7, 11) is 0. The van der Waals surface area contributed by atoms with E-state index in [-0.39, 0.29) is 12.0 Å². The molecule has 23 heavy (non-hydrogen) atoms. The van der Waals surface area contributed by atoms with E-state index >= 15 is 0 Å². The average Bonchev–Trinajstić information content (AvgIpc) is 2.59. The number of carbonyl (C=O) groups is 1. The van der Waals surface area contributed by atoms with Crippen molar-refractivity contribution in [2.75, 3.05) is 13.2 Å². The van der Waals surface area contributed by atoms with Crippen LogP contribution in [0.15, 0.2) is 54.6 Å². The molecule has 1 amide bonds. The molecule has 0 radical (unpaired) electrons. The van der Waals surface area contributed by atoms with Crippen molar-refractivity contribution >= 4 is 12.0 Å². The minimum atomic E-state index is -0.179. The SMILES string of the molecule is Cc1ccc(/C=C/C(=O)NCC2COc3ccccc3O2)cc1. The molecule has 0 bridgehead atoms. The molecule has 0 saturated carbocycles. The van der Waals surface area contributed by atoms with E-state index in [0.717, 1.165) is 11.3 Å². The van der Waals surface area contributed by atoms with Gasteiger partial charge in [0.15, 0.2) is 11.5 Å². The minimum Gasteiger partial charge on any atom is -0.486 e. The van der Waals surface area contributed by atoms with E-state index in [1.165, 1.54) is 11.6 Å². The van der Waals surface area contributed by atoms with Crippen molar-refractivity contribution in [1.29, 1.82) is 0 Å². The number of ether oxygens (including phenoxy) is 2. The van der Waals surface area contributed by atoms with E-state index in [9.17, 15) is 4.79 Å². The van der Waals surface area contributed by atoms with Crippen molar-refractivity contribution in [3.63, 3.8) is 0 Å². The molecule has 3 rings (SSSR count). The number of nitrogens with one attached hydrogen (secondary N) is 1. The molecular formula is C19H19NO3. The van der Waals surface area contributed by atoms with Gasteiger partial charge in [-0.2, -0.15) is 0 Å². The molecular weight excluding hydrogens is 290 g/mol. The summed E-state index contributed by atoms with van der Waals surface area (Å²) in [6, 6.07) is 15.5. The fourth-order valence-corrected chi connectivity index (χ4v) is 2.29. The topological polar surface area (TPSA) is 47.6 Å². The summed E-state index contributed by atoms with van der Waals surface area (Å²) in [4.78, 5) is 11.9. The Morgan fingerprint density at radius 2 is 1.91 bits per heavy atom. The number of hydrogen-bond donors (Lipinski definition) is 1. The summed E-state index contributed by atoms with van der Waals surface area (Å²) in [5, 5.41) is 2.83. The lowest BCUT2D eigenvalue weighted by Crippen LogP contribution is -2.40. The lowest BCUT2D eigenvalue weighted by atomic mass is 10.1. The molecule has 4 heteroatoms. The van der Waals surface area contributed by atoms with E-state index < -0.39 is 0 Å². The second kappa shape index (κ2) is 7.01. The molecule has 1 heterocycles. The van der Waals surface area contributed by atoms with Crippen molar-refractivity contribution in [3.8, 4) is 11.5 Å². The maximum Gasteiger partial charge on any atom is 0.244 e. The number of amides is 1. The second-order valence-corrected chi connectivity index (χ2v) is 5.49. The number of para-hydroxylation sites is 2. The zero-order valence-electron chi connectivity index (χ0n) is 13.0. The van der Waals surface area contributed by atoms with Gasteiger partial charge in [-0.15, -0.1) is 0 Å². The van der Waals surface area contributed by atoms with Crippen LogP contribution in [0, 0.1) is 6.92 Å². The Labute approximate surface area is 135 Å². The number of aryl methyl sites for hydroxylation is 1. The standard InChI is InChI=1S/C19H19NO3/c1-14-6-8-15(9-7-14)10-11-19(21)20-12-16-13-22-17-4-2-3-5-18(17)23-16/h2-11,16H,12-13H2,1H3,(H,20,21)/b11-10+. The van der Waals surface area contributed by atoms with E-state index in [0.29, 0.717) is 18.9 Å². The highest BCUT2D eigenvalue weighted by molar-refractivity contribution is 5.91. The smallest absolute Gasteiger partial charge is 0.244 e. The summed E-state index contributed by atoms with van der Waals surface area (Å²) < 4.78 is 11.4. The van der Waals surface area contributed by atoms with E-state index in [1.807, 2.05) is 55.5 Å². The van der Waals surface area contributed by atoms with Gasteiger partial charge >= 0.3 is 0 Å². The van der Waals surface area contributed by atoms with Crippen LogP contribution in [0.5, 0.6) is 11.5 Å². The highest BCUT2D eigenvalue weighted by atomic mass is 16.6. The number of hydrogen-bond acceptors (Lipinski definition) is 3. The van der Waals surface area contributed by atoms with Crippen molar-refractivity contribution in [2.45, 2.75) is 13.0 Å². The Morgan fingerprint density at radius 3 is 2.70 bits per heavy atom. The molecule has 1 N–H and O–H groups in total. The largest absolute Gasteiger partial charge is 0.486 e. The predicted octanol–water partition coefficient (Wildman–Crippen LogP) is 2.96. The van der Waals surface area contributed by atoms with Crippen LogP contribution < -0.4 is 14.8 Å². The molecule has 2 aromatic rings. The molecule has 4 nitrogen and oxygen atoms in total. The summed E-state index contributed by atoms with van der Waals surface area (Å²) in [5.41, 5.74) is 2.19. The molecule has 0 fully saturated rings. The van der Waals surface area contributed by atoms with Gasteiger partial charge in [0.1, 0.15) is 12.7 Å². The summed E-state index contributed by atoms with van der Waals surface area (Å²) >= 11 is 0. The fraction of sp³-hybridized carbons (Fsp3) is 0.211. The van der Waals surface area contributed by atoms with E-state index in [2.05, 4.69) is 5.32 Å². The number of fused-ring (bicyclic) bond motifs is 1. The Balaban J connectivity index is 1.49. The van der Waals surface area contributed by atoms with Gasteiger partial charge in [0.05, 0.1) is 6.54 Å². The van der Waals surface area contributed by atoms with Crippen LogP contribution in [-0.4, -0.2) is 25.2 Å². The summed E-state index contributed by atoms with van der Waals surface area (Å²) in [6.45, 7) is 2.87. The van der Waals surface area contributed by atoms with Crippen molar-refractivity contribution in [2.24, 2.45) is 0 Å². The van der Waals surface area contributed by atoms with Crippen LogP contribution >= 0.6 is 0 Å². The number of carbonyl (C=O) groups excluding carboxylic acids is 1. The second-order valence-electron chi connectivity index (χ2n) is 5.49. The van der Waals surface area contributed by atoms with Gasteiger partial charge in [0.25, 0.3) is 0 Å². The van der Waals surface area contributed by atoms with Crippen LogP contribution in [0.4, 0.5) is 0 Å². The zero-order valence-corrected chi connectivity index (χ0v) is 13.0. The maximum atomic E-state index is 11.9. The predicted molar refractivity (Wildman–Crippen MR) is 89.6 cm³/mol. The van der Waals surface area contributed by atoms with Crippen molar-refractivity contribution in [3.05, 3.63) is 65.7 Å².